The molecule has 1 aliphatic heterocycles. The summed E-state index contributed by atoms with van der Waals surface area (Å²) in [4.78, 5) is 10.8. The number of nitrogens with one attached hydrogen (secondary N) is 2. The molecular weight excluding hydrogens is 242 g/mol. The Morgan fingerprint density at radius 3 is 2.95 bits per heavy atom. The molecule has 6 heteroatoms. The Hall–Kier alpha value is -1.82. The molecule has 6 nitrogen and oxygen atoms in total. The first-order chi connectivity index (χ1) is 9.33. The number of anilines is 1. The largest absolute Gasteiger partial charge is 0.378 e. The van der Waals surface area contributed by atoms with Crippen molar-refractivity contribution in [3.8, 4) is 0 Å². The van der Waals surface area contributed by atoms with Gasteiger partial charge in [0.05, 0.1) is 13.2 Å². The molecule has 0 amide bonds. The predicted molar refractivity (Wildman–Crippen MR) is 76.5 cm³/mol. The Morgan fingerprint density at radius 2 is 2.26 bits per heavy atom. The minimum absolute atomic E-state index is 0.730. The molecule has 2 rings (SSSR count). The number of nitrogens with zero attached hydrogens (tertiary/aromatic N) is 3. The van der Waals surface area contributed by atoms with Gasteiger partial charge in [-0.2, -0.15) is 0 Å². The first-order valence-corrected chi connectivity index (χ1v) is 6.49. The molecule has 2 N–H and O–H groups in total. The topological polar surface area (TPSA) is 61.8 Å². The van der Waals surface area contributed by atoms with Gasteiger partial charge >= 0.3 is 0 Å². The molecule has 1 fully saturated rings. The van der Waals surface area contributed by atoms with Crippen molar-refractivity contribution in [1.29, 1.82) is 0 Å². The fraction of sp³-hybridized carbons (Fsp3) is 0.538. The Bertz CT molecular complexity index is 429. The average molecular weight is 263 g/mol. The summed E-state index contributed by atoms with van der Waals surface area (Å²) in [5, 5.41) is 6.23. The Balaban J connectivity index is 1.98. The summed E-state index contributed by atoms with van der Waals surface area (Å²) in [6.45, 7) is 4.09. The third-order valence-corrected chi connectivity index (χ3v) is 3.07. The highest BCUT2D eigenvalue weighted by Crippen LogP contribution is 2.14. The minimum atomic E-state index is 0.730. The number of pyridine rings is 1. The van der Waals surface area contributed by atoms with Crippen molar-refractivity contribution in [3.63, 3.8) is 0 Å². The summed E-state index contributed by atoms with van der Waals surface area (Å²) >= 11 is 0. The van der Waals surface area contributed by atoms with E-state index in [1.54, 1.807) is 7.05 Å². The van der Waals surface area contributed by atoms with Gasteiger partial charge in [-0.1, -0.05) is 0 Å². The fourth-order valence-corrected chi connectivity index (χ4v) is 2.00. The standard InChI is InChI=1S/C13H21N5O/c1-14-13(15-2)17-10-11-3-4-16-12(9-11)18-5-7-19-8-6-18/h3-4,9H,5-8,10H2,1-2H3,(H2,14,15,17). The van der Waals surface area contributed by atoms with Crippen LogP contribution in [0.3, 0.4) is 0 Å². The summed E-state index contributed by atoms with van der Waals surface area (Å²) in [5.74, 6) is 1.80. The molecule has 0 atom stereocenters. The zero-order valence-corrected chi connectivity index (χ0v) is 11.5. The number of hydrogen-bond donors (Lipinski definition) is 2. The van der Waals surface area contributed by atoms with Crippen LogP contribution >= 0.6 is 0 Å². The van der Waals surface area contributed by atoms with Crippen molar-refractivity contribution < 1.29 is 4.74 Å². The zero-order chi connectivity index (χ0) is 13.5. The fourth-order valence-electron chi connectivity index (χ4n) is 2.00. The van der Waals surface area contributed by atoms with E-state index < -0.39 is 0 Å². The maximum Gasteiger partial charge on any atom is 0.190 e. The van der Waals surface area contributed by atoms with E-state index in [4.69, 9.17) is 4.74 Å². The van der Waals surface area contributed by atoms with E-state index in [9.17, 15) is 0 Å². The number of guanidine groups is 1. The molecule has 1 saturated heterocycles. The zero-order valence-electron chi connectivity index (χ0n) is 11.5. The molecule has 0 bridgehead atoms. The normalized spacial score (nSPS) is 16.3. The highest BCUT2D eigenvalue weighted by atomic mass is 16.5. The lowest BCUT2D eigenvalue weighted by Gasteiger charge is -2.28. The van der Waals surface area contributed by atoms with Crippen molar-refractivity contribution in [3.05, 3.63) is 23.9 Å². The SMILES string of the molecule is CN=C(NC)NCc1ccnc(N2CCOCC2)c1. The van der Waals surface area contributed by atoms with Crippen molar-refractivity contribution in [2.75, 3.05) is 45.3 Å². The van der Waals surface area contributed by atoms with Gasteiger partial charge in [-0.25, -0.2) is 4.98 Å². The second kappa shape index (κ2) is 6.94. The van der Waals surface area contributed by atoms with E-state index in [-0.39, 0.29) is 0 Å². The van der Waals surface area contributed by atoms with Gasteiger partial charge in [-0.3, -0.25) is 4.99 Å². The molecule has 19 heavy (non-hydrogen) atoms. The van der Waals surface area contributed by atoms with Crippen LogP contribution in [-0.2, 0) is 11.3 Å². The van der Waals surface area contributed by atoms with E-state index in [0.717, 1.165) is 44.6 Å². The second-order valence-electron chi connectivity index (χ2n) is 4.30. The number of aliphatic imine (C=N–C) groups is 1. The number of ether oxygens (including phenoxy) is 1. The monoisotopic (exact) mass is 263 g/mol. The molecule has 1 aliphatic rings. The number of rotatable bonds is 3. The molecule has 1 aromatic heterocycles. The van der Waals surface area contributed by atoms with Gasteiger partial charge in [0.25, 0.3) is 0 Å². The van der Waals surface area contributed by atoms with Crippen LogP contribution in [0.25, 0.3) is 0 Å². The third kappa shape index (κ3) is 3.82. The number of morpholine rings is 1. The van der Waals surface area contributed by atoms with Gasteiger partial charge in [0.15, 0.2) is 5.96 Å². The Kier molecular flexibility index (Phi) is 4.97. The molecule has 0 radical (unpaired) electrons. The molecule has 0 spiro atoms. The van der Waals surface area contributed by atoms with Gasteiger partial charge in [0.2, 0.25) is 0 Å². The maximum atomic E-state index is 5.35. The predicted octanol–water partition coefficient (Wildman–Crippen LogP) is 0.213. The maximum absolute atomic E-state index is 5.35. The van der Waals surface area contributed by atoms with Crippen LogP contribution < -0.4 is 15.5 Å². The average Bonchev–Trinajstić information content (AvgIpc) is 2.49. The molecule has 0 aromatic carbocycles. The Morgan fingerprint density at radius 1 is 1.47 bits per heavy atom. The lowest BCUT2D eigenvalue weighted by molar-refractivity contribution is 0.122. The summed E-state index contributed by atoms with van der Waals surface area (Å²) in [5.41, 5.74) is 1.19. The lowest BCUT2D eigenvalue weighted by Crippen LogP contribution is -2.37. The van der Waals surface area contributed by atoms with Gasteiger partial charge < -0.3 is 20.3 Å². The summed E-state index contributed by atoms with van der Waals surface area (Å²) in [7, 11) is 3.60. The van der Waals surface area contributed by atoms with Gasteiger partial charge in [0.1, 0.15) is 5.82 Å². The van der Waals surface area contributed by atoms with Crippen LogP contribution in [-0.4, -0.2) is 51.3 Å². The van der Waals surface area contributed by atoms with E-state index in [1.807, 2.05) is 19.3 Å². The molecule has 2 heterocycles. The van der Waals surface area contributed by atoms with Gasteiger partial charge in [-0.05, 0) is 17.7 Å². The smallest absolute Gasteiger partial charge is 0.190 e. The third-order valence-electron chi connectivity index (χ3n) is 3.07. The van der Waals surface area contributed by atoms with E-state index >= 15 is 0 Å². The summed E-state index contributed by atoms with van der Waals surface area (Å²) in [6.07, 6.45) is 1.85. The van der Waals surface area contributed by atoms with Crippen LogP contribution in [0.2, 0.25) is 0 Å². The summed E-state index contributed by atoms with van der Waals surface area (Å²) in [6, 6.07) is 4.13. The van der Waals surface area contributed by atoms with E-state index in [1.165, 1.54) is 5.56 Å². The van der Waals surface area contributed by atoms with Crippen LogP contribution in [0, 0.1) is 0 Å². The molecule has 0 aliphatic carbocycles. The highest BCUT2D eigenvalue weighted by Gasteiger charge is 2.12. The Labute approximate surface area is 113 Å². The van der Waals surface area contributed by atoms with Crippen molar-refractivity contribution in [2.45, 2.75) is 6.54 Å². The molecule has 104 valence electrons. The number of aromatic nitrogens is 1. The van der Waals surface area contributed by atoms with Gasteiger partial charge in [-0.15, -0.1) is 0 Å². The van der Waals surface area contributed by atoms with E-state index in [0.29, 0.717) is 0 Å². The minimum Gasteiger partial charge on any atom is -0.378 e. The first kappa shape index (κ1) is 13.6. The molecule has 0 unspecified atom stereocenters. The van der Waals surface area contributed by atoms with E-state index in [2.05, 4.69) is 31.6 Å². The highest BCUT2D eigenvalue weighted by molar-refractivity contribution is 5.79. The molecular formula is C13H21N5O. The van der Waals surface area contributed by atoms with Gasteiger partial charge in [0, 0.05) is 39.9 Å². The lowest BCUT2D eigenvalue weighted by atomic mass is 10.2. The quantitative estimate of drug-likeness (QED) is 0.603. The van der Waals surface area contributed by atoms with Crippen molar-refractivity contribution in [2.24, 2.45) is 4.99 Å². The van der Waals surface area contributed by atoms with Crippen LogP contribution in [0.5, 0.6) is 0 Å². The van der Waals surface area contributed by atoms with Crippen molar-refractivity contribution in [1.82, 2.24) is 15.6 Å². The van der Waals surface area contributed by atoms with Crippen LogP contribution in [0.1, 0.15) is 5.56 Å². The first-order valence-electron chi connectivity index (χ1n) is 6.49. The van der Waals surface area contributed by atoms with Crippen LogP contribution in [0.15, 0.2) is 23.3 Å². The second-order valence-corrected chi connectivity index (χ2v) is 4.30. The molecule has 1 aromatic rings. The number of hydrogen-bond acceptors (Lipinski definition) is 4. The van der Waals surface area contributed by atoms with Crippen LogP contribution in [0.4, 0.5) is 5.82 Å². The summed E-state index contributed by atoms with van der Waals surface area (Å²) < 4.78 is 5.35. The molecule has 0 saturated carbocycles. The van der Waals surface area contributed by atoms with Crippen molar-refractivity contribution >= 4 is 11.8 Å².